The summed E-state index contributed by atoms with van der Waals surface area (Å²) in [5.74, 6) is -1.14. The highest BCUT2D eigenvalue weighted by Gasteiger charge is 2.29. The molecule has 1 aliphatic heterocycles. The highest BCUT2D eigenvalue weighted by atomic mass is 32.2. The van der Waals surface area contributed by atoms with E-state index in [0.29, 0.717) is 11.3 Å². The van der Waals surface area contributed by atoms with Gasteiger partial charge in [0, 0.05) is 18.8 Å². The lowest BCUT2D eigenvalue weighted by atomic mass is 10.1. The quantitative estimate of drug-likeness (QED) is 0.710. The molecule has 0 bridgehead atoms. The van der Waals surface area contributed by atoms with Gasteiger partial charge in [-0.15, -0.1) is 0 Å². The molecule has 7 nitrogen and oxygen atoms in total. The molecule has 0 unspecified atom stereocenters. The second-order valence-corrected chi connectivity index (χ2v) is 8.98. The van der Waals surface area contributed by atoms with E-state index in [-0.39, 0.29) is 31.1 Å². The Morgan fingerprint density at radius 1 is 1.10 bits per heavy atom. The first-order valence-electron chi connectivity index (χ1n) is 8.99. The first-order valence-corrected chi connectivity index (χ1v) is 10.8. The topological polar surface area (TPSA) is 84.0 Å². The van der Waals surface area contributed by atoms with Crippen LogP contribution in [0.15, 0.2) is 48.5 Å². The number of carbonyl (C=O) groups is 2. The van der Waals surface area contributed by atoms with Gasteiger partial charge < -0.3 is 9.64 Å². The number of anilines is 1. The number of methoxy groups -OCH3 is 1. The van der Waals surface area contributed by atoms with Crippen molar-refractivity contribution in [3.05, 3.63) is 65.5 Å². The molecule has 0 saturated carbocycles. The number of nitrogens with zero attached hydrogens (tertiary/aromatic N) is 2. The van der Waals surface area contributed by atoms with Crippen LogP contribution in [-0.2, 0) is 21.1 Å². The molecule has 2 aromatic carbocycles. The van der Waals surface area contributed by atoms with Gasteiger partial charge in [-0.2, -0.15) is 0 Å². The summed E-state index contributed by atoms with van der Waals surface area (Å²) < 4.78 is 41.8. The second-order valence-electron chi connectivity index (χ2n) is 6.68. The average Bonchev–Trinajstić information content (AvgIpc) is 2.71. The minimum Gasteiger partial charge on any atom is -0.465 e. The number of benzene rings is 2. The Morgan fingerprint density at radius 2 is 1.76 bits per heavy atom. The van der Waals surface area contributed by atoms with Crippen LogP contribution in [0.2, 0.25) is 0 Å². The molecule has 1 heterocycles. The van der Waals surface area contributed by atoms with Crippen LogP contribution >= 0.6 is 0 Å². The number of esters is 1. The number of ether oxygens (including phenoxy) is 1. The molecule has 1 fully saturated rings. The summed E-state index contributed by atoms with van der Waals surface area (Å²) in [5.41, 5.74) is 1.46. The molecule has 29 heavy (non-hydrogen) atoms. The van der Waals surface area contributed by atoms with E-state index in [1.807, 2.05) is 0 Å². The molecule has 154 valence electrons. The molecule has 0 aromatic heterocycles. The third-order valence-corrected chi connectivity index (χ3v) is 6.29. The van der Waals surface area contributed by atoms with E-state index in [0.717, 1.165) is 5.56 Å². The van der Waals surface area contributed by atoms with Gasteiger partial charge in [-0.25, -0.2) is 22.4 Å². The number of hydrogen-bond donors (Lipinski definition) is 0. The molecule has 0 atom stereocenters. The maximum absolute atomic E-state index is 13.8. The molecule has 3 rings (SSSR count). The standard InChI is InChI=1S/C20H21FN2O5S/c1-28-19(24)16-7-5-15(6-8-16)14-23(18-4-2-3-17(21)13-18)20(25)22-9-11-29(26,27)12-10-22/h2-8,13H,9-12,14H2,1H3. The van der Waals surface area contributed by atoms with Crippen molar-refractivity contribution >= 4 is 27.5 Å². The smallest absolute Gasteiger partial charge is 0.337 e. The van der Waals surface area contributed by atoms with Crippen LogP contribution in [0.1, 0.15) is 15.9 Å². The van der Waals surface area contributed by atoms with E-state index in [9.17, 15) is 22.4 Å². The van der Waals surface area contributed by atoms with Gasteiger partial charge in [-0.05, 0) is 35.9 Å². The molecular weight excluding hydrogens is 399 g/mol. The summed E-state index contributed by atoms with van der Waals surface area (Å²) in [6, 6.07) is 11.8. The molecule has 2 aromatic rings. The third-order valence-electron chi connectivity index (χ3n) is 4.68. The van der Waals surface area contributed by atoms with Crippen molar-refractivity contribution in [2.24, 2.45) is 0 Å². The zero-order chi connectivity index (χ0) is 21.0. The molecule has 1 saturated heterocycles. The first kappa shape index (κ1) is 20.8. The highest BCUT2D eigenvalue weighted by molar-refractivity contribution is 7.91. The third kappa shape index (κ3) is 5.11. The van der Waals surface area contributed by atoms with Crippen LogP contribution in [-0.4, -0.2) is 57.0 Å². The Morgan fingerprint density at radius 3 is 2.34 bits per heavy atom. The van der Waals surface area contributed by atoms with E-state index < -0.39 is 27.7 Å². The van der Waals surface area contributed by atoms with Gasteiger partial charge in [0.05, 0.1) is 30.7 Å². The average molecular weight is 420 g/mol. The van der Waals surface area contributed by atoms with Gasteiger partial charge >= 0.3 is 12.0 Å². The molecular formula is C20H21FN2O5S. The van der Waals surface area contributed by atoms with Gasteiger partial charge in [0.2, 0.25) is 0 Å². The maximum atomic E-state index is 13.8. The van der Waals surface area contributed by atoms with Gasteiger partial charge in [0.25, 0.3) is 0 Å². The van der Waals surface area contributed by atoms with Crippen molar-refractivity contribution in [1.29, 1.82) is 0 Å². The molecule has 0 radical (unpaired) electrons. The van der Waals surface area contributed by atoms with Crippen molar-refractivity contribution in [2.45, 2.75) is 6.54 Å². The molecule has 0 spiro atoms. The Bertz CT molecular complexity index is 994. The Kier molecular flexibility index (Phi) is 6.17. The van der Waals surface area contributed by atoms with Crippen LogP contribution in [0.4, 0.5) is 14.9 Å². The highest BCUT2D eigenvalue weighted by Crippen LogP contribution is 2.22. The summed E-state index contributed by atoms with van der Waals surface area (Å²) in [6.45, 7) is 0.315. The summed E-state index contributed by atoms with van der Waals surface area (Å²) in [5, 5.41) is 0. The van der Waals surface area contributed by atoms with Crippen LogP contribution in [0.5, 0.6) is 0 Å². The van der Waals surface area contributed by atoms with Gasteiger partial charge in [-0.1, -0.05) is 18.2 Å². The van der Waals surface area contributed by atoms with Crippen LogP contribution in [0.3, 0.4) is 0 Å². The largest absolute Gasteiger partial charge is 0.465 e. The number of hydrogen-bond acceptors (Lipinski definition) is 5. The van der Waals surface area contributed by atoms with Crippen LogP contribution in [0, 0.1) is 5.82 Å². The van der Waals surface area contributed by atoms with E-state index in [4.69, 9.17) is 0 Å². The van der Waals surface area contributed by atoms with Crippen LogP contribution in [0.25, 0.3) is 0 Å². The summed E-state index contributed by atoms with van der Waals surface area (Å²) in [4.78, 5) is 27.5. The molecule has 0 N–H and O–H groups in total. The van der Waals surface area contributed by atoms with Crippen molar-refractivity contribution in [3.63, 3.8) is 0 Å². The zero-order valence-corrected chi connectivity index (χ0v) is 16.7. The monoisotopic (exact) mass is 420 g/mol. The minimum absolute atomic E-state index is 0.0915. The first-order chi connectivity index (χ1) is 13.8. The Balaban J connectivity index is 1.85. The fourth-order valence-electron chi connectivity index (χ4n) is 3.03. The lowest BCUT2D eigenvalue weighted by Gasteiger charge is -2.33. The normalized spacial score (nSPS) is 15.6. The minimum atomic E-state index is -3.14. The number of amides is 2. The summed E-state index contributed by atoms with van der Waals surface area (Å²) in [7, 11) is -1.85. The van der Waals surface area contributed by atoms with Gasteiger partial charge in [0.15, 0.2) is 9.84 Å². The number of rotatable bonds is 4. The SMILES string of the molecule is COC(=O)c1ccc(CN(C(=O)N2CCS(=O)(=O)CC2)c2cccc(F)c2)cc1. The lowest BCUT2D eigenvalue weighted by molar-refractivity contribution is 0.0600. The van der Waals surface area contributed by atoms with Gasteiger partial charge in [-0.3, -0.25) is 4.90 Å². The van der Waals surface area contributed by atoms with E-state index in [2.05, 4.69) is 4.74 Å². The fourth-order valence-corrected chi connectivity index (χ4v) is 4.24. The molecule has 2 amide bonds. The maximum Gasteiger partial charge on any atom is 0.337 e. The number of urea groups is 1. The predicted molar refractivity (Wildman–Crippen MR) is 106 cm³/mol. The van der Waals surface area contributed by atoms with E-state index in [1.54, 1.807) is 30.3 Å². The predicted octanol–water partition coefficient (Wildman–Crippen LogP) is 2.47. The molecule has 9 heteroatoms. The van der Waals surface area contributed by atoms with Gasteiger partial charge in [0.1, 0.15) is 5.82 Å². The Labute approximate surface area is 168 Å². The van der Waals surface area contributed by atoms with Crippen molar-refractivity contribution in [3.8, 4) is 0 Å². The van der Waals surface area contributed by atoms with Crippen molar-refractivity contribution in [2.75, 3.05) is 36.6 Å². The number of halogens is 1. The number of carbonyl (C=O) groups excluding carboxylic acids is 2. The summed E-state index contributed by atoms with van der Waals surface area (Å²) >= 11 is 0. The zero-order valence-electron chi connectivity index (χ0n) is 15.9. The fraction of sp³-hybridized carbons (Fsp3) is 0.300. The Hall–Kier alpha value is -2.94. The van der Waals surface area contributed by atoms with Crippen molar-refractivity contribution < 1.29 is 27.1 Å². The molecule has 1 aliphatic rings. The van der Waals surface area contributed by atoms with Crippen molar-refractivity contribution in [1.82, 2.24) is 4.90 Å². The van der Waals surface area contributed by atoms with Crippen LogP contribution < -0.4 is 4.90 Å². The number of sulfone groups is 1. The lowest BCUT2D eigenvalue weighted by Crippen LogP contribution is -2.49. The summed E-state index contributed by atoms with van der Waals surface area (Å²) in [6.07, 6.45) is 0. The van der Waals surface area contributed by atoms with E-state index >= 15 is 0 Å². The van der Waals surface area contributed by atoms with E-state index in [1.165, 1.54) is 35.1 Å². The second kappa shape index (κ2) is 8.60. The molecule has 0 aliphatic carbocycles.